The molecule has 1 aliphatic heterocycles. The molecule has 34 heavy (non-hydrogen) atoms. The van der Waals surface area contributed by atoms with Crippen LogP contribution >= 0.6 is 0 Å². The van der Waals surface area contributed by atoms with Gasteiger partial charge in [0.05, 0.1) is 29.2 Å². The minimum atomic E-state index is -4.00. The van der Waals surface area contributed by atoms with Crippen molar-refractivity contribution in [3.05, 3.63) is 90.1 Å². The molecule has 0 radical (unpaired) electrons. The second kappa shape index (κ2) is 10.2. The molecule has 5 N–H and O–H groups in total. The van der Waals surface area contributed by atoms with Crippen molar-refractivity contribution >= 4 is 26.9 Å². The van der Waals surface area contributed by atoms with Crippen LogP contribution in [0.3, 0.4) is 0 Å². The summed E-state index contributed by atoms with van der Waals surface area (Å²) in [5.41, 5.74) is 8.93. The number of aromatic nitrogens is 2. The second-order valence-corrected chi connectivity index (χ2v) is 9.63. The molecule has 1 atom stereocenters. The Morgan fingerprint density at radius 3 is 2.35 bits per heavy atom. The largest absolute Gasteiger partial charge is 0.366 e. The lowest BCUT2D eigenvalue weighted by Gasteiger charge is -2.20. The van der Waals surface area contributed by atoms with Gasteiger partial charge < -0.3 is 11.1 Å². The number of primary amides is 1. The smallest absolute Gasteiger partial charge is 0.294 e. The Bertz CT molecular complexity index is 1380. The van der Waals surface area contributed by atoms with Gasteiger partial charge in [-0.05, 0) is 48.7 Å². The molecule has 2 heterocycles. The molecule has 4 aromatic rings. The molecular formula is C25H27N4O4S+. The summed E-state index contributed by atoms with van der Waals surface area (Å²) in [5, 5.41) is 7.87. The third-order valence-corrected chi connectivity index (χ3v) is 6.75. The summed E-state index contributed by atoms with van der Waals surface area (Å²) in [6, 6.07) is 21.5. The SMILES string of the molecule is NC(=O)c1cccc2cn(-c3ccc([C@@H]4CCC[NH2+]C4)cc3)nc12.O=S(=O)(O)c1ccccc1. The predicted octanol–water partition coefficient (Wildman–Crippen LogP) is 2.50. The van der Waals surface area contributed by atoms with E-state index in [9.17, 15) is 13.2 Å². The maximum Gasteiger partial charge on any atom is 0.294 e. The van der Waals surface area contributed by atoms with Gasteiger partial charge in [0.1, 0.15) is 5.52 Å². The van der Waals surface area contributed by atoms with Crippen LogP contribution in [-0.4, -0.2) is 41.7 Å². The number of nitrogens with two attached hydrogens (primary N) is 2. The lowest BCUT2D eigenvalue weighted by molar-refractivity contribution is -0.664. The Morgan fingerprint density at radius 1 is 1.03 bits per heavy atom. The number of nitrogens with zero attached hydrogens (tertiary/aromatic N) is 2. The van der Waals surface area contributed by atoms with Crippen molar-refractivity contribution in [3.8, 4) is 5.69 Å². The molecule has 5 rings (SSSR count). The van der Waals surface area contributed by atoms with Crippen LogP contribution in [0.2, 0.25) is 0 Å². The first-order valence-corrected chi connectivity index (χ1v) is 12.5. The molecule has 1 aromatic heterocycles. The Hall–Kier alpha value is -3.53. The van der Waals surface area contributed by atoms with Gasteiger partial charge in [-0.2, -0.15) is 13.5 Å². The standard InChI is InChI=1S/C19H20N4O.C6H6O3S/c20-19(24)17-5-1-3-15-12-23(22-18(15)17)16-8-6-13(7-9-16)14-4-2-10-21-11-14;7-10(8,9)6-4-2-1-3-5-6/h1,3,5-9,12,14,21H,2,4,10-11H2,(H2,20,24);1-5H,(H,7,8,9)/p+1/t14-;/m1./s1. The van der Waals surface area contributed by atoms with Gasteiger partial charge in [0, 0.05) is 17.5 Å². The van der Waals surface area contributed by atoms with Gasteiger partial charge in [0.25, 0.3) is 16.0 Å². The number of rotatable bonds is 4. The quantitative estimate of drug-likeness (QED) is 0.387. The van der Waals surface area contributed by atoms with Crippen LogP contribution in [0.4, 0.5) is 0 Å². The van der Waals surface area contributed by atoms with E-state index >= 15 is 0 Å². The molecule has 1 fully saturated rings. The summed E-state index contributed by atoms with van der Waals surface area (Å²) in [7, 11) is -4.00. The van der Waals surface area contributed by atoms with Gasteiger partial charge >= 0.3 is 0 Å². The number of quaternary nitrogens is 1. The minimum Gasteiger partial charge on any atom is -0.366 e. The van der Waals surface area contributed by atoms with Crippen LogP contribution in [0.5, 0.6) is 0 Å². The van der Waals surface area contributed by atoms with Gasteiger partial charge in [-0.15, -0.1) is 0 Å². The molecule has 1 amide bonds. The van der Waals surface area contributed by atoms with E-state index in [1.54, 1.807) is 24.3 Å². The Labute approximate surface area is 198 Å². The molecule has 1 aliphatic rings. The highest BCUT2D eigenvalue weighted by molar-refractivity contribution is 7.85. The highest BCUT2D eigenvalue weighted by Crippen LogP contribution is 2.24. The number of piperidine rings is 1. The maximum atomic E-state index is 11.6. The van der Waals surface area contributed by atoms with Gasteiger partial charge in [0.15, 0.2) is 0 Å². The van der Waals surface area contributed by atoms with Crippen LogP contribution in [0.25, 0.3) is 16.6 Å². The van der Waals surface area contributed by atoms with E-state index in [1.807, 2.05) is 23.0 Å². The highest BCUT2D eigenvalue weighted by Gasteiger charge is 2.18. The molecule has 0 unspecified atom stereocenters. The Morgan fingerprint density at radius 2 is 1.76 bits per heavy atom. The van der Waals surface area contributed by atoms with Crippen molar-refractivity contribution in [2.24, 2.45) is 5.73 Å². The van der Waals surface area contributed by atoms with Crippen LogP contribution < -0.4 is 11.1 Å². The van der Waals surface area contributed by atoms with Crippen LogP contribution in [0, 0.1) is 0 Å². The number of carbonyl (C=O) groups excluding carboxylic acids is 1. The van der Waals surface area contributed by atoms with Crippen molar-refractivity contribution in [1.29, 1.82) is 0 Å². The summed E-state index contributed by atoms with van der Waals surface area (Å²) in [5.74, 6) is 0.195. The van der Waals surface area contributed by atoms with Gasteiger partial charge in [0.2, 0.25) is 0 Å². The molecule has 1 saturated heterocycles. The lowest BCUT2D eigenvalue weighted by Crippen LogP contribution is -2.86. The molecule has 9 heteroatoms. The van der Waals surface area contributed by atoms with E-state index in [1.165, 1.54) is 43.6 Å². The summed E-state index contributed by atoms with van der Waals surface area (Å²) in [6.45, 7) is 2.42. The zero-order valence-corrected chi connectivity index (χ0v) is 19.4. The van der Waals surface area contributed by atoms with Crippen LogP contribution in [0.1, 0.15) is 34.7 Å². The number of hydrogen-bond acceptors (Lipinski definition) is 4. The van der Waals surface area contributed by atoms with Crippen LogP contribution in [0.15, 0.2) is 83.9 Å². The summed E-state index contributed by atoms with van der Waals surface area (Å²) in [6.07, 6.45) is 4.49. The number of benzene rings is 3. The summed E-state index contributed by atoms with van der Waals surface area (Å²) >= 11 is 0. The topological polar surface area (TPSA) is 132 Å². The zero-order chi connectivity index (χ0) is 24.1. The third-order valence-electron chi connectivity index (χ3n) is 5.88. The monoisotopic (exact) mass is 479 g/mol. The highest BCUT2D eigenvalue weighted by atomic mass is 32.2. The molecule has 3 aromatic carbocycles. The van der Waals surface area contributed by atoms with E-state index in [0.717, 1.165) is 11.1 Å². The van der Waals surface area contributed by atoms with E-state index in [-0.39, 0.29) is 4.90 Å². The first-order valence-electron chi connectivity index (χ1n) is 11.1. The van der Waals surface area contributed by atoms with E-state index < -0.39 is 16.0 Å². The average molecular weight is 480 g/mol. The van der Waals surface area contributed by atoms with E-state index in [2.05, 4.69) is 34.7 Å². The number of carbonyl (C=O) groups is 1. The molecule has 0 bridgehead atoms. The fourth-order valence-corrected chi connectivity index (χ4v) is 4.62. The molecule has 8 nitrogen and oxygen atoms in total. The zero-order valence-electron chi connectivity index (χ0n) is 18.5. The van der Waals surface area contributed by atoms with Gasteiger partial charge in [-0.25, -0.2) is 4.68 Å². The molecule has 176 valence electrons. The van der Waals surface area contributed by atoms with Crippen molar-refractivity contribution < 1.29 is 23.1 Å². The first-order chi connectivity index (χ1) is 16.3. The summed E-state index contributed by atoms with van der Waals surface area (Å²) < 4.78 is 31.1. The molecule has 0 saturated carbocycles. The molecule has 0 aliphatic carbocycles. The van der Waals surface area contributed by atoms with Crippen molar-refractivity contribution in [2.45, 2.75) is 23.7 Å². The van der Waals surface area contributed by atoms with Gasteiger partial charge in [-0.3, -0.25) is 9.35 Å². The number of amides is 1. The molecular weight excluding hydrogens is 452 g/mol. The third kappa shape index (κ3) is 5.51. The normalized spacial score (nSPS) is 16.0. The maximum absolute atomic E-state index is 11.6. The first kappa shape index (κ1) is 23.6. The Balaban J connectivity index is 0.000000231. The van der Waals surface area contributed by atoms with Crippen molar-refractivity contribution in [3.63, 3.8) is 0 Å². The fourth-order valence-electron chi connectivity index (χ4n) is 4.12. The number of fused-ring (bicyclic) bond motifs is 1. The average Bonchev–Trinajstić information content (AvgIpc) is 3.29. The second-order valence-electron chi connectivity index (χ2n) is 8.21. The van der Waals surface area contributed by atoms with E-state index in [0.29, 0.717) is 17.0 Å². The molecule has 0 spiro atoms. The minimum absolute atomic E-state index is 0.0741. The van der Waals surface area contributed by atoms with Crippen molar-refractivity contribution in [1.82, 2.24) is 9.78 Å². The number of hydrogen-bond donors (Lipinski definition) is 3. The Kier molecular flexibility index (Phi) is 7.06. The van der Waals surface area contributed by atoms with Crippen LogP contribution in [-0.2, 0) is 10.1 Å². The lowest BCUT2D eigenvalue weighted by atomic mass is 9.92. The fraction of sp³-hybridized carbons (Fsp3) is 0.200. The summed E-state index contributed by atoms with van der Waals surface area (Å²) in [4.78, 5) is 11.5. The van der Waals surface area contributed by atoms with E-state index in [4.69, 9.17) is 10.3 Å². The predicted molar refractivity (Wildman–Crippen MR) is 129 cm³/mol. The van der Waals surface area contributed by atoms with Gasteiger partial charge in [-0.1, -0.05) is 42.5 Å². The van der Waals surface area contributed by atoms with Crippen molar-refractivity contribution in [2.75, 3.05) is 13.1 Å².